The molecule has 2 aliphatic heterocycles. The Morgan fingerprint density at radius 3 is 3.12 bits per heavy atom. The van der Waals surface area contributed by atoms with Gasteiger partial charge in [-0.3, -0.25) is 4.79 Å². The summed E-state index contributed by atoms with van der Waals surface area (Å²) in [6.45, 7) is 3.64. The molecule has 0 aliphatic carbocycles. The number of likely N-dealkylation sites (tertiary alicyclic amines) is 1. The van der Waals surface area contributed by atoms with Crippen LogP contribution in [0.1, 0.15) is 19.3 Å². The van der Waals surface area contributed by atoms with Gasteiger partial charge in [0.1, 0.15) is 0 Å². The molecule has 0 aromatic carbocycles. The molecule has 0 saturated carbocycles. The second-order valence-corrected chi connectivity index (χ2v) is 4.78. The number of carbonyl (C=O) groups excluding carboxylic acids is 1. The minimum absolute atomic E-state index is 0.0456. The molecule has 5 heteroatoms. The summed E-state index contributed by atoms with van der Waals surface area (Å²) < 4.78 is 5.25. The van der Waals surface area contributed by atoms with Crippen LogP contribution in [-0.4, -0.2) is 61.4 Å². The van der Waals surface area contributed by atoms with Crippen molar-refractivity contribution >= 4 is 5.91 Å². The Morgan fingerprint density at radius 1 is 1.41 bits per heavy atom. The van der Waals surface area contributed by atoms with Gasteiger partial charge in [0.25, 0.3) is 0 Å². The number of amides is 1. The van der Waals surface area contributed by atoms with Crippen molar-refractivity contribution in [1.82, 2.24) is 10.2 Å². The fourth-order valence-corrected chi connectivity index (χ4v) is 2.87. The van der Waals surface area contributed by atoms with Gasteiger partial charge in [-0.25, -0.2) is 0 Å². The van der Waals surface area contributed by atoms with Gasteiger partial charge in [-0.15, -0.1) is 0 Å². The molecule has 2 N–H and O–H groups in total. The van der Waals surface area contributed by atoms with Gasteiger partial charge < -0.3 is 20.1 Å². The van der Waals surface area contributed by atoms with E-state index in [1.165, 1.54) is 0 Å². The summed E-state index contributed by atoms with van der Waals surface area (Å²) in [5, 5.41) is 12.0. The number of ether oxygens (including phenoxy) is 1. The number of fused-ring (bicyclic) bond motifs is 1. The number of carbonyl (C=O) groups is 1. The van der Waals surface area contributed by atoms with Crippen molar-refractivity contribution in [2.24, 2.45) is 5.92 Å². The van der Waals surface area contributed by atoms with Crippen LogP contribution in [0.3, 0.4) is 0 Å². The first-order chi connectivity index (χ1) is 8.33. The van der Waals surface area contributed by atoms with Crippen LogP contribution in [0.25, 0.3) is 0 Å². The molecule has 0 spiro atoms. The smallest absolute Gasteiger partial charge is 0.222 e. The molecule has 98 valence electrons. The first kappa shape index (κ1) is 12.8. The summed E-state index contributed by atoms with van der Waals surface area (Å²) >= 11 is 0. The van der Waals surface area contributed by atoms with E-state index in [1.54, 1.807) is 0 Å². The van der Waals surface area contributed by atoms with Crippen LogP contribution in [0.4, 0.5) is 0 Å². The van der Waals surface area contributed by atoms with E-state index in [2.05, 4.69) is 5.32 Å². The molecule has 2 atom stereocenters. The Hall–Kier alpha value is -0.650. The van der Waals surface area contributed by atoms with E-state index in [1.807, 2.05) is 4.90 Å². The quantitative estimate of drug-likeness (QED) is 0.644. The zero-order valence-corrected chi connectivity index (χ0v) is 10.2. The standard InChI is InChI=1S/C12H22N2O3/c15-6-8-17-7-5-14-11-3-4-13-9-10(11)1-2-12(14)16/h10-11,13,15H,1-9H2. The molecule has 5 nitrogen and oxygen atoms in total. The predicted molar refractivity (Wildman–Crippen MR) is 63.6 cm³/mol. The van der Waals surface area contributed by atoms with Gasteiger partial charge in [-0.2, -0.15) is 0 Å². The molecule has 17 heavy (non-hydrogen) atoms. The maximum atomic E-state index is 11.9. The highest BCUT2D eigenvalue weighted by molar-refractivity contribution is 5.77. The lowest BCUT2D eigenvalue weighted by Gasteiger charge is -2.44. The minimum Gasteiger partial charge on any atom is -0.394 e. The summed E-state index contributed by atoms with van der Waals surface area (Å²) in [5.41, 5.74) is 0. The fourth-order valence-electron chi connectivity index (χ4n) is 2.87. The van der Waals surface area contributed by atoms with E-state index < -0.39 is 0 Å². The SMILES string of the molecule is O=C1CCC2CNCCC2N1CCOCCO. The van der Waals surface area contributed by atoms with E-state index in [0.717, 1.165) is 25.9 Å². The Morgan fingerprint density at radius 2 is 2.29 bits per heavy atom. The largest absolute Gasteiger partial charge is 0.394 e. The number of hydrogen-bond donors (Lipinski definition) is 2. The summed E-state index contributed by atoms with van der Waals surface area (Å²) in [7, 11) is 0. The molecule has 0 radical (unpaired) electrons. The number of aliphatic hydroxyl groups is 1. The second-order valence-electron chi connectivity index (χ2n) is 4.78. The van der Waals surface area contributed by atoms with Gasteiger partial charge >= 0.3 is 0 Å². The van der Waals surface area contributed by atoms with Gasteiger partial charge in [0, 0.05) is 19.0 Å². The van der Waals surface area contributed by atoms with E-state index in [0.29, 0.717) is 38.1 Å². The molecule has 0 aromatic rings. The number of nitrogens with zero attached hydrogens (tertiary/aromatic N) is 1. The van der Waals surface area contributed by atoms with Gasteiger partial charge in [-0.1, -0.05) is 0 Å². The molecule has 2 heterocycles. The third kappa shape index (κ3) is 3.18. The maximum absolute atomic E-state index is 11.9. The van der Waals surface area contributed by atoms with Gasteiger partial charge in [0.15, 0.2) is 0 Å². The number of hydrogen-bond acceptors (Lipinski definition) is 4. The van der Waals surface area contributed by atoms with Gasteiger partial charge in [0.2, 0.25) is 5.91 Å². The first-order valence-corrected chi connectivity index (χ1v) is 6.51. The summed E-state index contributed by atoms with van der Waals surface area (Å²) in [4.78, 5) is 13.9. The van der Waals surface area contributed by atoms with E-state index in [-0.39, 0.29) is 12.5 Å². The van der Waals surface area contributed by atoms with Crippen molar-refractivity contribution < 1.29 is 14.6 Å². The fraction of sp³-hybridized carbons (Fsp3) is 0.917. The molecule has 2 fully saturated rings. The van der Waals surface area contributed by atoms with Crippen LogP contribution in [0, 0.1) is 5.92 Å². The van der Waals surface area contributed by atoms with Crippen LogP contribution in [0.15, 0.2) is 0 Å². The molecular weight excluding hydrogens is 220 g/mol. The Bertz CT molecular complexity index is 260. The number of piperidine rings is 2. The zero-order valence-electron chi connectivity index (χ0n) is 10.2. The average Bonchev–Trinajstić information content (AvgIpc) is 2.37. The third-order valence-corrected chi connectivity index (χ3v) is 3.73. The number of rotatable bonds is 5. The molecule has 0 aromatic heterocycles. The first-order valence-electron chi connectivity index (χ1n) is 6.51. The molecule has 0 bridgehead atoms. The van der Waals surface area contributed by atoms with Crippen molar-refractivity contribution in [1.29, 1.82) is 0 Å². The van der Waals surface area contributed by atoms with Crippen molar-refractivity contribution in [3.8, 4) is 0 Å². The number of nitrogens with one attached hydrogen (secondary N) is 1. The second kappa shape index (κ2) is 6.33. The lowest BCUT2D eigenvalue weighted by molar-refractivity contribution is -0.140. The summed E-state index contributed by atoms with van der Waals surface area (Å²) in [5.74, 6) is 0.875. The van der Waals surface area contributed by atoms with Crippen LogP contribution >= 0.6 is 0 Å². The van der Waals surface area contributed by atoms with Crippen molar-refractivity contribution in [2.75, 3.05) is 39.5 Å². The van der Waals surface area contributed by atoms with Crippen LogP contribution in [-0.2, 0) is 9.53 Å². The van der Waals surface area contributed by atoms with Crippen molar-refractivity contribution in [3.05, 3.63) is 0 Å². The molecule has 2 saturated heterocycles. The molecule has 2 unspecified atom stereocenters. The van der Waals surface area contributed by atoms with Crippen molar-refractivity contribution in [2.45, 2.75) is 25.3 Å². The average molecular weight is 242 g/mol. The predicted octanol–water partition coefficient (Wildman–Crippen LogP) is -0.404. The van der Waals surface area contributed by atoms with E-state index >= 15 is 0 Å². The van der Waals surface area contributed by atoms with E-state index in [4.69, 9.17) is 9.84 Å². The lowest BCUT2D eigenvalue weighted by Crippen LogP contribution is -2.55. The highest BCUT2D eigenvalue weighted by Crippen LogP contribution is 2.28. The monoisotopic (exact) mass is 242 g/mol. The Kier molecular flexibility index (Phi) is 4.76. The van der Waals surface area contributed by atoms with E-state index in [9.17, 15) is 4.79 Å². The van der Waals surface area contributed by atoms with Crippen LogP contribution < -0.4 is 5.32 Å². The maximum Gasteiger partial charge on any atom is 0.222 e. The normalized spacial score (nSPS) is 29.2. The minimum atomic E-state index is 0.0456. The summed E-state index contributed by atoms with van der Waals surface area (Å²) in [6, 6.07) is 0.398. The highest BCUT2D eigenvalue weighted by Gasteiger charge is 2.36. The summed E-state index contributed by atoms with van der Waals surface area (Å²) in [6.07, 6.45) is 2.74. The third-order valence-electron chi connectivity index (χ3n) is 3.73. The molecular formula is C12H22N2O3. The number of aliphatic hydroxyl groups excluding tert-OH is 1. The highest BCUT2D eigenvalue weighted by atomic mass is 16.5. The topological polar surface area (TPSA) is 61.8 Å². The molecule has 2 rings (SSSR count). The van der Waals surface area contributed by atoms with Crippen molar-refractivity contribution in [3.63, 3.8) is 0 Å². The Balaban J connectivity index is 1.85. The van der Waals surface area contributed by atoms with Gasteiger partial charge in [0.05, 0.1) is 19.8 Å². The zero-order chi connectivity index (χ0) is 12.1. The molecule has 2 aliphatic rings. The Labute approximate surface area is 102 Å². The van der Waals surface area contributed by atoms with Crippen LogP contribution in [0.5, 0.6) is 0 Å². The van der Waals surface area contributed by atoms with Gasteiger partial charge in [-0.05, 0) is 31.8 Å². The van der Waals surface area contributed by atoms with Crippen LogP contribution in [0.2, 0.25) is 0 Å². The molecule has 1 amide bonds. The lowest BCUT2D eigenvalue weighted by atomic mass is 9.84.